The van der Waals surface area contributed by atoms with Crippen LogP contribution in [0.15, 0.2) is 60.7 Å². The van der Waals surface area contributed by atoms with E-state index in [-0.39, 0.29) is 23.6 Å². The zero-order valence-electron chi connectivity index (χ0n) is 32.2. The highest BCUT2D eigenvalue weighted by Gasteiger charge is 2.35. The van der Waals surface area contributed by atoms with E-state index in [2.05, 4.69) is 10.6 Å². The molecule has 2 N–H and O–H groups in total. The fourth-order valence-electron chi connectivity index (χ4n) is 8.48. The Kier molecular flexibility index (Phi) is 11.3. The molecular formula is C44H54N6O4. The number of carbonyl (C=O) groups is 4. The molecule has 0 aromatic heterocycles. The quantitative estimate of drug-likeness (QED) is 0.162. The first-order chi connectivity index (χ1) is 26.1. The number of nitrogens with one attached hydrogen (secondary N) is 2. The van der Waals surface area contributed by atoms with Crippen LogP contribution >= 0.6 is 0 Å². The molecule has 2 fully saturated rings. The van der Waals surface area contributed by atoms with E-state index < -0.39 is 0 Å². The molecule has 284 valence electrons. The molecule has 2 saturated carbocycles. The van der Waals surface area contributed by atoms with Crippen molar-refractivity contribution in [3.63, 3.8) is 0 Å². The van der Waals surface area contributed by atoms with Crippen LogP contribution in [0.3, 0.4) is 0 Å². The lowest BCUT2D eigenvalue weighted by Crippen LogP contribution is -2.43. The lowest BCUT2D eigenvalue weighted by Gasteiger charge is -2.30. The zero-order valence-corrected chi connectivity index (χ0v) is 32.2. The Morgan fingerprint density at radius 3 is 1.20 bits per heavy atom. The van der Waals surface area contributed by atoms with Gasteiger partial charge in [-0.3, -0.25) is 29.0 Å². The number of anilines is 2. The van der Waals surface area contributed by atoms with Gasteiger partial charge in [0.25, 0.3) is 23.6 Å². The van der Waals surface area contributed by atoms with Crippen molar-refractivity contribution in [1.82, 2.24) is 19.6 Å². The number of benzene rings is 4. The van der Waals surface area contributed by atoms with Gasteiger partial charge in [0.2, 0.25) is 0 Å². The summed E-state index contributed by atoms with van der Waals surface area (Å²) in [6.45, 7) is 2.12. The molecule has 54 heavy (non-hydrogen) atoms. The Bertz CT molecular complexity index is 1870. The summed E-state index contributed by atoms with van der Waals surface area (Å²) < 4.78 is 0. The van der Waals surface area contributed by atoms with Crippen molar-refractivity contribution in [1.29, 1.82) is 0 Å². The van der Waals surface area contributed by atoms with Gasteiger partial charge in [-0.2, -0.15) is 0 Å². The summed E-state index contributed by atoms with van der Waals surface area (Å²) in [5, 5.41) is 10.9. The maximum atomic E-state index is 13.0. The Morgan fingerprint density at radius 1 is 0.500 bits per heavy atom. The average molecular weight is 731 g/mol. The van der Waals surface area contributed by atoms with Gasteiger partial charge in [0.15, 0.2) is 0 Å². The van der Waals surface area contributed by atoms with Gasteiger partial charge in [-0.25, -0.2) is 0 Å². The summed E-state index contributed by atoms with van der Waals surface area (Å²) in [7, 11) is 7.76. The molecular weight excluding hydrogens is 677 g/mol. The van der Waals surface area contributed by atoms with E-state index in [0.717, 1.165) is 32.9 Å². The minimum Gasteiger partial charge on any atom is -0.382 e. The van der Waals surface area contributed by atoms with Crippen LogP contribution in [0.4, 0.5) is 11.4 Å². The normalized spacial score (nSPS) is 17.8. The van der Waals surface area contributed by atoms with Crippen molar-refractivity contribution in [2.24, 2.45) is 0 Å². The van der Waals surface area contributed by atoms with E-state index in [0.29, 0.717) is 60.5 Å². The van der Waals surface area contributed by atoms with Crippen molar-refractivity contribution in [2.45, 2.75) is 76.3 Å². The number of hydrogen-bond donors (Lipinski definition) is 2. The van der Waals surface area contributed by atoms with E-state index in [4.69, 9.17) is 0 Å². The molecule has 10 heteroatoms. The first-order valence-electron chi connectivity index (χ1n) is 19.8. The van der Waals surface area contributed by atoms with Crippen molar-refractivity contribution >= 4 is 56.5 Å². The van der Waals surface area contributed by atoms with Crippen LogP contribution in [0.1, 0.15) is 106 Å². The summed E-state index contributed by atoms with van der Waals surface area (Å²) in [6, 6.07) is 20.3. The number of hydrogen-bond acceptors (Lipinski definition) is 8. The predicted octanol–water partition coefficient (Wildman–Crippen LogP) is 7.48. The smallest absolute Gasteiger partial charge is 0.261 e. The van der Waals surface area contributed by atoms with Gasteiger partial charge in [-0.05, 0) is 90.3 Å². The maximum absolute atomic E-state index is 13.0. The zero-order chi connectivity index (χ0) is 37.9. The van der Waals surface area contributed by atoms with Gasteiger partial charge in [0.1, 0.15) is 0 Å². The summed E-state index contributed by atoms with van der Waals surface area (Å²) in [5.41, 5.74) is 4.59. The van der Waals surface area contributed by atoms with Crippen LogP contribution in [-0.4, -0.2) is 110 Å². The molecule has 2 aliphatic carbocycles. The number of nitrogens with zero attached hydrogens (tertiary/aromatic N) is 4. The summed E-state index contributed by atoms with van der Waals surface area (Å²) >= 11 is 0. The molecule has 4 aromatic carbocycles. The lowest BCUT2D eigenvalue weighted by molar-refractivity contribution is 0.0585. The number of amides is 4. The molecule has 0 saturated heterocycles. The van der Waals surface area contributed by atoms with Crippen LogP contribution in [0, 0.1) is 0 Å². The van der Waals surface area contributed by atoms with E-state index in [1.165, 1.54) is 74.0 Å². The molecule has 0 unspecified atom stereocenters. The highest BCUT2D eigenvalue weighted by molar-refractivity contribution is 6.27. The number of likely N-dealkylation sites (N-methyl/N-ethyl adjacent to an activating group) is 2. The second-order valence-corrected chi connectivity index (χ2v) is 15.9. The Labute approximate surface area is 318 Å². The molecule has 0 bridgehead atoms. The highest BCUT2D eigenvalue weighted by atomic mass is 16.2. The Balaban J connectivity index is 0.000000167. The molecule has 0 atom stereocenters. The number of carbonyl (C=O) groups excluding carboxylic acids is 4. The minimum absolute atomic E-state index is 0.185. The first-order valence-corrected chi connectivity index (χ1v) is 19.8. The fourth-order valence-corrected chi connectivity index (χ4v) is 8.48. The molecule has 4 amide bonds. The molecule has 4 aromatic rings. The standard InChI is InChI=1S/2C22H27N3O2/c2*1-24(2)13-14-25-21(26)17-10-6-9-16-19(23-15-7-4-3-5-8-15)12-11-18(20(16)17)22(25)27/h2*6,9-12,15,23H,3-5,7-8,13-14H2,1-2H3. The Hall–Kier alpha value is -4.80. The van der Waals surface area contributed by atoms with Crippen LogP contribution < -0.4 is 10.6 Å². The van der Waals surface area contributed by atoms with Crippen LogP contribution in [0.25, 0.3) is 21.5 Å². The predicted molar refractivity (Wildman–Crippen MR) is 217 cm³/mol. The minimum atomic E-state index is -0.185. The van der Waals surface area contributed by atoms with Crippen molar-refractivity contribution < 1.29 is 19.2 Å². The molecule has 8 rings (SSSR count). The van der Waals surface area contributed by atoms with Crippen LogP contribution in [0.5, 0.6) is 0 Å². The third kappa shape index (κ3) is 7.59. The van der Waals surface area contributed by atoms with E-state index >= 15 is 0 Å². The maximum Gasteiger partial charge on any atom is 0.261 e. The lowest BCUT2D eigenvalue weighted by atomic mass is 9.91. The summed E-state index contributed by atoms with van der Waals surface area (Å²) in [5.74, 6) is -0.742. The van der Waals surface area contributed by atoms with Crippen LogP contribution in [-0.2, 0) is 0 Å². The van der Waals surface area contributed by atoms with Crippen molar-refractivity contribution in [3.8, 4) is 0 Å². The summed E-state index contributed by atoms with van der Waals surface area (Å²) in [6.07, 6.45) is 12.4. The fraction of sp³-hybridized carbons (Fsp3) is 0.455. The molecule has 0 radical (unpaired) electrons. The van der Waals surface area contributed by atoms with Gasteiger partial charge >= 0.3 is 0 Å². The SMILES string of the molecule is CN(C)CCN1C(=O)c2cccc3c(NC4CCCCC4)ccc(c23)C1=O.CN(C)CCN1C(=O)c2cccc3c(NC4CCCCC4)ccc(c23)C1=O. The van der Waals surface area contributed by atoms with Gasteiger partial charge in [0, 0.05) is 93.4 Å². The summed E-state index contributed by atoms with van der Waals surface area (Å²) in [4.78, 5) is 58.7. The molecule has 2 heterocycles. The van der Waals surface area contributed by atoms with Crippen molar-refractivity contribution in [3.05, 3.63) is 82.9 Å². The number of rotatable bonds is 10. The Morgan fingerprint density at radius 2 is 0.852 bits per heavy atom. The second-order valence-electron chi connectivity index (χ2n) is 15.9. The third-order valence-corrected chi connectivity index (χ3v) is 11.5. The van der Waals surface area contributed by atoms with E-state index in [1.807, 2.05) is 98.7 Å². The highest BCUT2D eigenvalue weighted by Crippen LogP contribution is 2.37. The van der Waals surface area contributed by atoms with Crippen molar-refractivity contribution in [2.75, 3.05) is 65.0 Å². The average Bonchev–Trinajstić information content (AvgIpc) is 3.17. The van der Waals surface area contributed by atoms with Gasteiger partial charge in [0.05, 0.1) is 0 Å². The molecule has 10 nitrogen and oxygen atoms in total. The molecule has 0 spiro atoms. The second kappa shape index (κ2) is 16.3. The van der Waals surface area contributed by atoms with Gasteiger partial charge in [-0.15, -0.1) is 0 Å². The monoisotopic (exact) mass is 730 g/mol. The molecule has 4 aliphatic rings. The van der Waals surface area contributed by atoms with E-state index in [1.54, 1.807) is 0 Å². The molecule has 2 aliphatic heterocycles. The number of imide groups is 2. The first kappa shape index (κ1) is 37.5. The largest absolute Gasteiger partial charge is 0.382 e. The van der Waals surface area contributed by atoms with Crippen LogP contribution in [0.2, 0.25) is 0 Å². The topological polar surface area (TPSA) is 105 Å². The van der Waals surface area contributed by atoms with Gasteiger partial charge < -0.3 is 20.4 Å². The third-order valence-electron chi connectivity index (χ3n) is 11.5. The van der Waals surface area contributed by atoms with E-state index in [9.17, 15) is 19.2 Å². The van der Waals surface area contributed by atoms with Gasteiger partial charge in [-0.1, -0.05) is 62.8 Å².